The molecule has 0 aliphatic carbocycles. The first kappa shape index (κ1) is 18.9. The number of halogens is 1. The van der Waals surface area contributed by atoms with Gasteiger partial charge >= 0.3 is 0 Å². The molecule has 1 N–H and O–H groups in total. The zero-order chi connectivity index (χ0) is 18.4. The van der Waals surface area contributed by atoms with Crippen molar-refractivity contribution in [2.45, 2.75) is 25.9 Å². The van der Waals surface area contributed by atoms with E-state index < -0.39 is 5.82 Å². The summed E-state index contributed by atoms with van der Waals surface area (Å²) >= 11 is 1.49. The van der Waals surface area contributed by atoms with Crippen molar-refractivity contribution in [1.29, 1.82) is 0 Å². The Morgan fingerprint density at radius 2 is 2.12 bits per heavy atom. The molecule has 7 heteroatoms. The number of rotatable bonds is 7. The van der Waals surface area contributed by atoms with Gasteiger partial charge < -0.3 is 15.0 Å². The van der Waals surface area contributed by atoms with Crippen LogP contribution < -0.4 is 10.1 Å². The molecule has 0 aliphatic rings. The van der Waals surface area contributed by atoms with Crippen molar-refractivity contribution in [3.63, 3.8) is 0 Å². The topological polar surface area (TPSA) is 58.6 Å². The van der Waals surface area contributed by atoms with Crippen molar-refractivity contribution < 1.29 is 18.7 Å². The molecule has 0 aliphatic heterocycles. The molecule has 5 nitrogen and oxygen atoms in total. The summed E-state index contributed by atoms with van der Waals surface area (Å²) in [5.41, 5.74) is 0.668. The van der Waals surface area contributed by atoms with Crippen LogP contribution in [-0.4, -0.2) is 30.9 Å². The minimum atomic E-state index is -0.462. The highest BCUT2D eigenvalue weighted by atomic mass is 32.1. The summed E-state index contributed by atoms with van der Waals surface area (Å²) in [7, 11) is 3.06. The van der Waals surface area contributed by atoms with Gasteiger partial charge in [0.2, 0.25) is 11.8 Å². The zero-order valence-electron chi connectivity index (χ0n) is 14.4. The van der Waals surface area contributed by atoms with Gasteiger partial charge in [-0.15, -0.1) is 11.3 Å². The molecule has 1 heterocycles. The number of carbonyl (C=O) groups excluding carboxylic acids is 2. The first-order chi connectivity index (χ1) is 11.9. The Balaban J connectivity index is 2.03. The number of ether oxygens (including phenoxy) is 1. The van der Waals surface area contributed by atoms with Crippen LogP contribution in [0.1, 0.15) is 29.8 Å². The van der Waals surface area contributed by atoms with Gasteiger partial charge in [0.05, 0.1) is 19.6 Å². The van der Waals surface area contributed by atoms with Gasteiger partial charge in [-0.2, -0.15) is 0 Å². The summed E-state index contributed by atoms with van der Waals surface area (Å²) in [6.45, 7) is 1.70. The first-order valence-corrected chi connectivity index (χ1v) is 8.65. The van der Waals surface area contributed by atoms with E-state index in [1.807, 2.05) is 17.5 Å². The van der Waals surface area contributed by atoms with E-state index in [9.17, 15) is 14.0 Å². The Hall–Kier alpha value is -2.41. The molecule has 0 fully saturated rings. The average Bonchev–Trinajstić information content (AvgIpc) is 3.08. The minimum Gasteiger partial charge on any atom is -0.494 e. The number of benzene rings is 1. The Bertz CT molecular complexity index is 734. The number of nitrogens with zero attached hydrogens (tertiary/aromatic N) is 1. The van der Waals surface area contributed by atoms with Gasteiger partial charge in [-0.25, -0.2) is 4.39 Å². The number of methoxy groups -OCH3 is 1. The normalized spacial score (nSPS) is 11.7. The second kappa shape index (κ2) is 8.62. The van der Waals surface area contributed by atoms with Crippen molar-refractivity contribution in [3.8, 4) is 5.75 Å². The van der Waals surface area contributed by atoms with Gasteiger partial charge in [-0.05, 0) is 29.1 Å². The van der Waals surface area contributed by atoms with E-state index in [4.69, 9.17) is 4.74 Å². The highest BCUT2D eigenvalue weighted by molar-refractivity contribution is 7.10. The van der Waals surface area contributed by atoms with Crippen molar-refractivity contribution in [2.75, 3.05) is 14.2 Å². The minimum absolute atomic E-state index is 0.136. The van der Waals surface area contributed by atoms with Crippen LogP contribution in [0.2, 0.25) is 0 Å². The Kier molecular flexibility index (Phi) is 6.52. The lowest BCUT2D eigenvalue weighted by Crippen LogP contribution is -2.33. The quantitative estimate of drug-likeness (QED) is 0.821. The summed E-state index contributed by atoms with van der Waals surface area (Å²) in [5, 5.41) is 4.70. The molecule has 1 aromatic carbocycles. The molecule has 0 unspecified atom stereocenters. The lowest BCUT2D eigenvalue weighted by molar-refractivity contribution is -0.131. The summed E-state index contributed by atoms with van der Waals surface area (Å²) in [6.07, 6.45) is 0.148. The third-order valence-corrected chi connectivity index (χ3v) is 4.69. The summed E-state index contributed by atoms with van der Waals surface area (Å²) in [4.78, 5) is 26.3. The van der Waals surface area contributed by atoms with E-state index >= 15 is 0 Å². The van der Waals surface area contributed by atoms with E-state index in [1.165, 1.54) is 42.4 Å². The van der Waals surface area contributed by atoms with Gasteiger partial charge in [-0.3, -0.25) is 9.59 Å². The fourth-order valence-electron chi connectivity index (χ4n) is 2.46. The first-order valence-electron chi connectivity index (χ1n) is 7.77. The molecule has 25 heavy (non-hydrogen) atoms. The molecular weight excluding hydrogens is 343 g/mol. The standard InChI is InChI=1S/C18H21FN2O3S/c1-12(22)20-15(17-5-4-8-25-17)10-18(23)21(2)11-13-6-7-16(24-3)14(19)9-13/h4-9,15H,10-11H2,1-3H3,(H,20,22)/t15-/m0/s1. The third kappa shape index (κ3) is 5.29. The highest BCUT2D eigenvalue weighted by Crippen LogP contribution is 2.23. The zero-order valence-corrected chi connectivity index (χ0v) is 15.2. The monoisotopic (exact) mass is 364 g/mol. The van der Waals surface area contributed by atoms with Crippen LogP contribution >= 0.6 is 11.3 Å². The molecule has 2 amide bonds. The Morgan fingerprint density at radius 3 is 2.68 bits per heavy atom. The molecule has 0 saturated heterocycles. The van der Waals surface area contributed by atoms with Crippen LogP contribution in [0.3, 0.4) is 0 Å². The van der Waals surface area contributed by atoms with E-state index in [0.29, 0.717) is 5.56 Å². The Labute approximate surface area is 150 Å². The molecule has 134 valence electrons. The van der Waals surface area contributed by atoms with Gasteiger partial charge in [0.15, 0.2) is 11.6 Å². The maximum atomic E-state index is 13.8. The van der Waals surface area contributed by atoms with Crippen LogP contribution in [-0.2, 0) is 16.1 Å². The molecule has 1 aromatic heterocycles. The molecule has 0 saturated carbocycles. The molecule has 2 aromatic rings. The number of nitrogens with one attached hydrogen (secondary N) is 1. The maximum Gasteiger partial charge on any atom is 0.225 e. The van der Waals surface area contributed by atoms with Crippen LogP contribution in [0, 0.1) is 5.82 Å². The second-order valence-electron chi connectivity index (χ2n) is 5.69. The largest absolute Gasteiger partial charge is 0.494 e. The number of amides is 2. The van der Waals surface area contributed by atoms with Crippen LogP contribution in [0.5, 0.6) is 5.75 Å². The van der Waals surface area contributed by atoms with Gasteiger partial charge in [0, 0.05) is 25.4 Å². The van der Waals surface area contributed by atoms with Crippen LogP contribution in [0.15, 0.2) is 35.7 Å². The van der Waals surface area contributed by atoms with Crippen LogP contribution in [0.4, 0.5) is 4.39 Å². The van der Waals surface area contributed by atoms with Crippen molar-refractivity contribution >= 4 is 23.2 Å². The fraction of sp³-hybridized carbons (Fsp3) is 0.333. The van der Waals surface area contributed by atoms with Gasteiger partial charge in [-0.1, -0.05) is 12.1 Å². The Morgan fingerprint density at radius 1 is 1.36 bits per heavy atom. The van der Waals surface area contributed by atoms with Crippen molar-refractivity contribution in [1.82, 2.24) is 10.2 Å². The average molecular weight is 364 g/mol. The molecular formula is C18H21FN2O3S. The summed E-state index contributed by atoms with van der Waals surface area (Å²) in [6, 6.07) is 8.01. The van der Waals surface area contributed by atoms with Crippen LogP contribution in [0.25, 0.3) is 0 Å². The highest BCUT2D eigenvalue weighted by Gasteiger charge is 2.20. The summed E-state index contributed by atoms with van der Waals surface area (Å²) in [5.74, 6) is -0.619. The van der Waals surface area contributed by atoms with E-state index in [2.05, 4.69) is 5.32 Å². The number of hydrogen-bond donors (Lipinski definition) is 1. The van der Waals surface area contributed by atoms with Crippen molar-refractivity contribution in [3.05, 3.63) is 52.0 Å². The number of hydrogen-bond acceptors (Lipinski definition) is 4. The second-order valence-corrected chi connectivity index (χ2v) is 6.67. The molecule has 0 spiro atoms. The van der Waals surface area contributed by atoms with E-state index in [0.717, 1.165) is 4.88 Å². The van der Waals surface area contributed by atoms with Gasteiger partial charge in [0.1, 0.15) is 0 Å². The maximum absolute atomic E-state index is 13.8. The number of carbonyl (C=O) groups is 2. The predicted octanol–water partition coefficient (Wildman–Crippen LogP) is 3.12. The summed E-state index contributed by atoms with van der Waals surface area (Å²) < 4.78 is 18.7. The third-order valence-electron chi connectivity index (χ3n) is 3.70. The number of thiophene rings is 1. The lowest BCUT2D eigenvalue weighted by atomic mass is 10.1. The SMILES string of the molecule is COc1ccc(CN(C)C(=O)C[C@H](NC(C)=O)c2cccs2)cc1F. The fourth-order valence-corrected chi connectivity index (χ4v) is 3.24. The van der Waals surface area contributed by atoms with E-state index in [1.54, 1.807) is 13.1 Å². The van der Waals surface area contributed by atoms with Gasteiger partial charge in [0.25, 0.3) is 0 Å². The lowest BCUT2D eigenvalue weighted by Gasteiger charge is -2.22. The smallest absolute Gasteiger partial charge is 0.225 e. The van der Waals surface area contributed by atoms with E-state index in [-0.39, 0.29) is 36.6 Å². The molecule has 0 radical (unpaired) electrons. The molecule has 0 bridgehead atoms. The molecule has 1 atom stereocenters. The molecule has 2 rings (SSSR count). The predicted molar refractivity (Wildman–Crippen MR) is 94.9 cm³/mol. The van der Waals surface area contributed by atoms with Crippen molar-refractivity contribution in [2.24, 2.45) is 0 Å².